The third-order valence-electron chi connectivity index (χ3n) is 2.84. The highest BCUT2D eigenvalue weighted by atomic mass is 32.2. The number of thioether (sulfide) groups is 1. The molecule has 5 heteroatoms. The summed E-state index contributed by atoms with van der Waals surface area (Å²) in [6.45, 7) is 3.81. The second kappa shape index (κ2) is 6.43. The Kier molecular flexibility index (Phi) is 4.63. The van der Waals surface area contributed by atoms with Gasteiger partial charge in [0.25, 0.3) is 0 Å². The molecule has 20 heavy (non-hydrogen) atoms. The van der Waals surface area contributed by atoms with Crippen molar-refractivity contribution in [2.75, 3.05) is 11.1 Å². The second-order valence-electron chi connectivity index (χ2n) is 4.51. The maximum atomic E-state index is 12.2. The van der Waals surface area contributed by atoms with Gasteiger partial charge in [0.2, 0.25) is 5.91 Å². The monoisotopic (exact) mass is 287 g/mol. The number of carbonyl (C=O) groups excluding carboxylic acids is 1. The molecule has 0 aliphatic heterocycles. The van der Waals surface area contributed by atoms with Crippen molar-refractivity contribution in [2.24, 2.45) is 0 Å². The first-order valence-electron chi connectivity index (χ1n) is 6.30. The summed E-state index contributed by atoms with van der Waals surface area (Å²) in [5.74, 6) is -0.0281. The molecular weight excluding hydrogens is 270 g/mol. The minimum atomic E-state index is -0.186. The average molecular weight is 287 g/mol. The van der Waals surface area contributed by atoms with E-state index in [9.17, 15) is 4.79 Å². The Bertz CT molecular complexity index is 601. The standard InChI is InChI=1S/C15H17N3OS/c1-10-9-12(16)3-4-14(10)18-15(19)11(2)20-13-5-7-17-8-6-13/h3-9,11H,16H2,1-2H3,(H,18,19). The zero-order valence-corrected chi connectivity index (χ0v) is 12.3. The van der Waals surface area contributed by atoms with Gasteiger partial charge in [0.1, 0.15) is 0 Å². The van der Waals surface area contributed by atoms with Crippen LogP contribution >= 0.6 is 11.8 Å². The predicted octanol–water partition coefficient (Wildman–Crippen LogP) is 3.09. The van der Waals surface area contributed by atoms with E-state index < -0.39 is 0 Å². The summed E-state index contributed by atoms with van der Waals surface area (Å²) in [5.41, 5.74) is 8.15. The van der Waals surface area contributed by atoms with Crippen LogP contribution in [0.2, 0.25) is 0 Å². The minimum absolute atomic E-state index is 0.0281. The smallest absolute Gasteiger partial charge is 0.237 e. The van der Waals surface area contributed by atoms with Gasteiger partial charge in [-0.15, -0.1) is 11.8 Å². The first-order chi connectivity index (χ1) is 9.56. The molecule has 1 aromatic carbocycles. The molecule has 1 unspecified atom stereocenters. The molecule has 2 rings (SSSR count). The van der Waals surface area contributed by atoms with Crippen molar-refractivity contribution in [3.05, 3.63) is 48.3 Å². The van der Waals surface area contributed by atoms with Crippen LogP contribution in [0.5, 0.6) is 0 Å². The molecule has 0 fully saturated rings. The van der Waals surface area contributed by atoms with Gasteiger partial charge in [0.15, 0.2) is 0 Å². The first kappa shape index (κ1) is 14.4. The van der Waals surface area contributed by atoms with E-state index in [1.807, 2.05) is 38.1 Å². The van der Waals surface area contributed by atoms with Crippen molar-refractivity contribution in [1.82, 2.24) is 4.98 Å². The van der Waals surface area contributed by atoms with E-state index in [0.717, 1.165) is 16.1 Å². The summed E-state index contributed by atoms with van der Waals surface area (Å²) in [5, 5.41) is 2.74. The molecule has 0 spiro atoms. The largest absolute Gasteiger partial charge is 0.399 e. The van der Waals surface area contributed by atoms with Gasteiger partial charge >= 0.3 is 0 Å². The molecule has 104 valence electrons. The van der Waals surface area contributed by atoms with Gasteiger partial charge in [0.05, 0.1) is 5.25 Å². The highest BCUT2D eigenvalue weighted by molar-refractivity contribution is 8.00. The molecule has 0 radical (unpaired) electrons. The summed E-state index contributed by atoms with van der Waals surface area (Å²) in [6, 6.07) is 9.23. The number of aromatic nitrogens is 1. The molecule has 0 bridgehead atoms. The Hall–Kier alpha value is -2.01. The fourth-order valence-corrected chi connectivity index (χ4v) is 2.59. The molecule has 0 aliphatic carbocycles. The first-order valence-corrected chi connectivity index (χ1v) is 7.18. The molecule has 0 saturated carbocycles. The van der Waals surface area contributed by atoms with E-state index in [1.165, 1.54) is 11.8 Å². The van der Waals surface area contributed by atoms with Crippen molar-refractivity contribution < 1.29 is 4.79 Å². The van der Waals surface area contributed by atoms with Gasteiger partial charge in [-0.2, -0.15) is 0 Å². The SMILES string of the molecule is Cc1cc(N)ccc1NC(=O)C(C)Sc1ccncc1. The molecule has 0 saturated heterocycles. The summed E-state index contributed by atoms with van der Waals surface area (Å²) >= 11 is 1.50. The van der Waals surface area contributed by atoms with Crippen LogP contribution in [0.3, 0.4) is 0 Å². The lowest BCUT2D eigenvalue weighted by molar-refractivity contribution is -0.115. The second-order valence-corrected chi connectivity index (χ2v) is 5.92. The van der Waals surface area contributed by atoms with Crippen LogP contribution in [-0.2, 0) is 4.79 Å². The third-order valence-corrected chi connectivity index (χ3v) is 3.95. The Balaban J connectivity index is 2.01. The molecule has 1 amide bonds. The van der Waals surface area contributed by atoms with Crippen molar-refractivity contribution in [1.29, 1.82) is 0 Å². The molecule has 4 nitrogen and oxygen atoms in total. The summed E-state index contributed by atoms with van der Waals surface area (Å²) in [6.07, 6.45) is 3.44. The normalized spacial score (nSPS) is 11.9. The van der Waals surface area contributed by atoms with E-state index >= 15 is 0 Å². The Morgan fingerprint density at radius 3 is 2.65 bits per heavy atom. The third kappa shape index (κ3) is 3.74. The summed E-state index contributed by atoms with van der Waals surface area (Å²) in [7, 11) is 0. The minimum Gasteiger partial charge on any atom is -0.399 e. The molecule has 2 aromatic rings. The van der Waals surface area contributed by atoms with Crippen molar-refractivity contribution in [3.8, 4) is 0 Å². The number of anilines is 2. The lowest BCUT2D eigenvalue weighted by Gasteiger charge is -2.13. The maximum absolute atomic E-state index is 12.2. The molecule has 3 N–H and O–H groups in total. The highest BCUT2D eigenvalue weighted by Crippen LogP contribution is 2.24. The zero-order chi connectivity index (χ0) is 14.5. The fraction of sp³-hybridized carbons (Fsp3) is 0.200. The number of rotatable bonds is 4. The summed E-state index contributed by atoms with van der Waals surface area (Å²) < 4.78 is 0. The van der Waals surface area contributed by atoms with E-state index in [-0.39, 0.29) is 11.2 Å². The van der Waals surface area contributed by atoms with Crippen molar-refractivity contribution in [3.63, 3.8) is 0 Å². The zero-order valence-electron chi connectivity index (χ0n) is 11.5. The summed E-state index contributed by atoms with van der Waals surface area (Å²) in [4.78, 5) is 17.2. The number of nitrogens with zero attached hydrogens (tertiary/aromatic N) is 1. The van der Waals surface area contributed by atoms with E-state index in [4.69, 9.17) is 5.73 Å². The van der Waals surface area contributed by atoms with E-state index in [1.54, 1.807) is 18.5 Å². The number of pyridine rings is 1. The Morgan fingerprint density at radius 2 is 2.00 bits per heavy atom. The van der Waals surface area contributed by atoms with Gasteiger partial charge in [0, 0.05) is 28.7 Å². The molecule has 1 aromatic heterocycles. The number of nitrogens with two attached hydrogens (primary N) is 1. The van der Waals surface area contributed by atoms with Gasteiger partial charge in [-0.3, -0.25) is 9.78 Å². The number of aryl methyl sites for hydroxylation is 1. The van der Waals surface area contributed by atoms with Gasteiger partial charge in [-0.25, -0.2) is 0 Å². The Labute approximate surface area is 122 Å². The van der Waals surface area contributed by atoms with Gasteiger partial charge < -0.3 is 11.1 Å². The van der Waals surface area contributed by atoms with E-state index in [2.05, 4.69) is 10.3 Å². The number of benzene rings is 1. The van der Waals surface area contributed by atoms with Crippen LogP contribution in [-0.4, -0.2) is 16.1 Å². The maximum Gasteiger partial charge on any atom is 0.237 e. The lowest BCUT2D eigenvalue weighted by Crippen LogP contribution is -2.22. The number of nitrogen functional groups attached to an aromatic ring is 1. The van der Waals surface area contributed by atoms with Gasteiger partial charge in [-0.05, 0) is 49.7 Å². The van der Waals surface area contributed by atoms with Crippen LogP contribution in [0.15, 0.2) is 47.6 Å². The highest BCUT2D eigenvalue weighted by Gasteiger charge is 2.15. The number of nitrogens with one attached hydrogen (secondary N) is 1. The number of carbonyl (C=O) groups is 1. The topological polar surface area (TPSA) is 68.0 Å². The van der Waals surface area contributed by atoms with Crippen LogP contribution in [0.1, 0.15) is 12.5 Å². The van der Waals surface area contributed by atoms with Crippen LogP contribution in [0, 0.1) is 6.92 Å². The predicted molar refractivity (Wildman–Crippen MR) is 83.8 cm³/mol. The van der Waals surface area contributed by atoms with Gasteiger partial charge in [-0.1, -0.05) is 0 Å². The number of amides is 1. The average Bonchev–Trinajstić information content (AvgIpc) is 2.43. The lowest BCUT2D eigenvalue weighted by atomic mass is 10.2. The molecule has 1 atom stereocenters. The van der Waals surface area contributed by atoms with Crippen molar-refractivity contribution >= 4 is 29.0 Å². The fourth-order valence-electron chi connectivity index (χ4n) is 1.74. The molecular formula is C15H17N3OS. The Morgan fingerprint density at radius 1 is 1.30 bits per heavy atom. The number of hydrogen-bond acceptors (Lipinski definition) is 4. The van der Waals surface area contributed by atoms with E-state index in [0.29, 0.717) is 5.69 Å². The van der Waals surface area contributed by atoms with Crippen LogP contribution in [0.4, 0.5) is 11.4 Å². The quantitative estimate of drug-likeness (QED) is 0.670. The van der Waals surface area contributed by atoms with Crippen LogP contribution < -0.4 is 11.1 Å². The number of hydrogen-bond donors (Lipinski definition) is 2. The molecule has 1 heterocycles. The van der Waals surface area contributed by atoms with Crippen molar-refractivity contribution in [2.45, 2.75) is 24.0 Å². The molecule has 0 aliphatic rings. The van der Waals surface area contributed by atoms with Crippen LogP contribution in [0.25, 0.3) is 0 Å².